The summed E-state index contributed by atoms with van der Waals surface area (Å²) in [6.07, 6.45) is 6.71. The van der Waals surface area contributed by atoms with Gasteiger partial charge in [0, 0.05) is 31.7 Å². The van der Waals surface area contributed by atoms with Crippen LogP contribution in [0, 0.1) is 0 Å². The van der Waals surface area contributed by atoms with E-state index in [9.17, 15) is 0 Å². The normalized spacial score (nSPS) is 28.1. The largest absolute Gasteiger partial charge is 0.360 e. The van der Waals surface area contributed by atoms with Crippen LogP contribution in [-0.2, 0) is 0 Å². The molecule has 1 aliphatic carbocycles. The fourth-order valence-electron chi connectivity index (χ4n) is 2.95. The van der Waals surface area contributed by atoms with Crippen molar-refractivity contribution in [3.8, 4) is 0 Å². The van der Waals surface area contributed by atoms with Crippen LogP contribution >= 0.6 is 12.2 Å². The van der Waals surface area contributed by atoms with Crippen LogP contribution in [0.1, 0.15) is 39.0 Å². The van der Waals surface area contributed by atoms with E-state index in [1.54, 1.807) is 0 Å². The van der Waals surface area contributed by atoms with Crippen molar-refractivity contribution < 1.29 is 0 Å². The van der Waals surface area contributed by atoms with Gasteiger partial charge in [0.1, 0.15) is 0 Å². The summed E-state index contributed by atoms with van der Waals surface area (Å²) >= 11 is 5.57. The molecule has 4 heteroatoms. The minimum absolute atomic E-state index is 0.539. The maximum atomic E-state index is 5.57. The Morgan fingerprint density at radius 2 is 1.88 bits per heavy atom. The highest BCUT2D eigenvalue weighted by Gasteiger charge is 2.25. The molecule has 1 heterocycles. The highest BCUT2D eigenvalue weighted by atomic mass is 32.1. The van der Waals surface area contributed by atoms with Crippen molar-refractivity contribution in [3.05, 3.63) is 0 Å². The monoisotopic (exact) mass is 255 g/mol. The molecule has 0 aromatic carbocycles. The SMILES string of the molecule is CC1CN(C)CCN1C(=S)NC1CCCCC1. The number of thiocarbonyl (C=S) groups is 1. The van der Waals surface area contributed by atoms with Crippen molar-refractivity contribution in [2.24, 2.45) is 0 Å². The topological polar surface area (TPSA) is 18.5 Å². The average Bonchev–Trinajstić information content (AvgIpc) is 2.30. The quantitative estimate of drug-likeness (QED) is 0.720. The van der Waals surface area contributed by atoms with Crippen LogP contribution in [0.15, 0.2) is 0 Å². The average molecular weight is 255 g/mol. The molecule has 0 spiro atoms. The van der Waals surface area contributed by atoms with E-state index in [0.717, 1.165) is 24.7 Å². The molecule has 1 atom stereocenters. The number of rotatable bonds is 1. The number of likely N-dealkylation sites (N-methyl/N-ethyl adjacent to an activating group) is 1. The molecule has 17 heavy (non-hydrogen) atoms. The summed E-state index contributed by atoms with van der Waals surface area (Å²) < 4.78 is 0. The molecule has 2 aliphatic rings. The van der Waals surface area contributed by atoms with E-state index >= 15 is 0 Å². The Hall–Kier alpha value is -0.350. The van der Waals surface area contributed by atoms with Gasteiger partial charge in [-0.2, -0.15) is 0 Å². The van der Waals surface area contributed by atoms with Gasteiger partial charge < -0.3 is 15.1 Å². The molecule has 1 saturated heterocycles. The second-order valence-electron chi connectivity index (χ2n) is 5.59. The van der Waals surface area contributed by atoms with Crippen molar-refractivity contribution >= 4 is 17.3 Å². The van der Waals surface area contributed by atoms with Gasteiger partial charge in [-0.1, -0.05) is 19.3 Å². The first-order valence-electron chi connectivity index (χ1n) is 6.92. The van der Waals surface area contributed by atoms with Crippen LogP contribution in [0.4, 0.5) is 0 Å². The number of nitrogens with one attached hydrogen (secondary N) is 1. The van der Waals surface area contributed by atoms with E-state index < -0.39 is 0 Å². The first-order valence-corrected chi connectivity index (χ1v) is 7.33. The van der Waals surface area contributed by atoms with Crippen LogP contribution in [0.3, 0.4) is 0 Å². The minimum Gasteiger partial charge on any atom is -0.360 e. The Kier molecular flexibility index (Phi) is 4.62. The van der Waals surface area contributed by atoms with E-state index in [0.29, 0.717) is 12.1 Å². The third-order valence-corrected chi connectivity index (χ3v) is 4.38. The Bertz CT molecular complexity index is 263. The molecule has 1 saturated carbocycles. The van der Waals surface area contributed by atoms with Crippen molar-refractivity contribution in [2.75, 3.05) is 26.7 Å². The molecule has 0 aromatic heterocycles. The first-order chi connectivity index (χ1) is 8.16. The van der Waals surface area contributed by atoms with Crippen LogP contribution in [-0.4, -0.2) is 53.7 Å². The summed E-state index contributed by atoms with van der Waals surface area (Å²) in [6.45, 7) is 5.57. The lowest BCUT2D eigenvalue weighted by Gasteiger charge is -2.41. The molecule has 3 nitrogen and oxygen atoms in total. The second kappa shape index (κ2) is 6.01. The Morgan fingerprint density at radius 3 is 2.53 bits per heavy atom. The fourth-order valence-corrected chi connectivity index (χ4v) is 3.38. The Morgan fingerprint density at radius 1 is 1.18 bits per heavy atom. The summed E-state index contributed by atoms with van der Waals surface area (Å²) in [5.74, 6) is 0. The van der Waals surface area contributed by atoms with Crippen molar-refractivity contribution in [3.63, 3.8) is 0 Å². The third-order valence-electron chi connectivity index (χ3n) is 4.02. The van der Waals surface area contributed by atoms with Crippen LogP contribution in [0.25, 0.3) is 0 Å². The summed E-state index contributed by atoms with van der Waals surface area (Å²) in [4.78, 5) is 4.74. The van der Waals surface area contributed by atoms with Gasteiger partial charge in [0.2, 0.25) is 0 Å². The molecule has 1 aliphatic heterocycles. The molecule has 1 unspecified atom stereocenters. The molecule has 98 valence electrons. The van der Waals surface area contributed by atoms with Gasteiger partial charge in [0.25, 0.3) is 0 Å². The van der Waals surface area contributed by atoms with Gasteiger partial charge in [-0.15, -0.1) is 0 Å². The zero-order valence-corrected chi connectivity index (χ0v) is 11.9. The highest BCUT2D eigenvalue weighted by molar-refractivity contribution is 7.80. The van der Waals surface area contributed by atoms with Gasteiger partial charge in [-0.05, 0) is 39.0 Å². The first kappa shape index (κ1) is 13.1. The maximum Gasteiger partial charge on any atom is 0.169 e. The van der Waals surface area contributed by atoms with E-state index in [4.69, 9.17) is 12.2 Å². The number of hydrogen-bond acceptors (Lipinski definition) is 2. The summed E-state index contributed by atoms with van der Waals surface area (Å²) in [5.41, 5.74) is 0. The molecule has 0 aromatic rings. The fraction of sp³-hybridized carbons (Fsp3) is 0.923. The van der Waals surface area contributed by atoms with E-state index in [1.807, 2.05) is 0 Å². The van der Waals surface area contributed by atoms with Crippen LogP contribution < -0.4 is 5.32 Å². The molecule has 0 amide bonds. The predicted molar refractivity (Wildman–Crippen MR) is 76.3 cm³/mol. The van der Waals surface area contributed by atoms with E-state index in [2.05, 4.69) is 29.1 Å². The molecule has 0 radical (unpaired) electrons. The molecule has 0 bridgehead atoms. The lowest BCUT2D eigenvalue weighted by molar-refractivity contribution is 0.159. The lowest BCUT2D eigenvalue weighted by atomic mass is 9.96. The van der Waals surface area contributed by atoms with Gasteiger partial charge in [0.05, 0.1) is 0 Å². The van der Waals surface area contributed by atoms with E-state index in [-0.39, 0.29) is 0 Å². The maximum absolute atomic E-state index is 5.57. The van der Waals surface area contributed by atoms with Crippen molar-refractivity contribution in [1.29, 1.82) is 0 Å². The number of piperazine rings is 1. The summed E-state index contributed by atoms with van der Waals surface area (Å²) in [5, 5.41) is 4.56. The molecule has 1 N–H and O–H groups in total. The minimum atomic E-state index is 0.539. The number of nitrogens with zero attached hydrogens (tertiary/aromatic N) is 2. The van der Waals surface area contributed by atoms with Crippen LogP contribution in [0.2, 0.25) is 0 Å². The standard InChI is InChI=1S/C13H25N3S/c1-11-10-15(2)8-9-16(11)13(17)14-12-6-4-3-5-7-12/h11-12H,3-10H2,1-2H3,(H,14,17). The molecular weight excluding hydrogens is 230 g/mol. The smallest absolute Gasteiger partial charge is 0.169 e. The zero-order valence-electron chi connectivity index (χ0n) is 11.1. The van der Waals surface area contributed by atoms with Crippen molar-refractivity contribution in [2.45, 2.75) is 51.1 Å². The second-order valence-corrected chi connectivity index (χ2v) is 5.98. The predicted octanol–water partition coefficient (Wildman–Crippen LogP) is 1.83. The van der Waals surface area contributed by atoms with Gasteiger partial charge in [-0.25, -0.2) is 0 Å². The summed E-state index contributed by atoms with van der Waals surface area (Å²) in [6, 6.07) is 1.17. The zero-order chi connectivity index (χ0) is 12.3. The van der Waals surface area contributed by atoms with Gasteiger partial charge in [-0.3, -0.25) is 0 Å². The molecule has 2 fully saturated rings. The molecule has 2 rings (SSSR count). The highest BCUT2D eigenvalue weighted by Crippen LogP contribution is 2.18. The van der Waals surface area contributed by atoms with Crippen LogP contribution in [0.5, 0.6) is 0 Å². The summed E-state index contributed by atoms with van der Waals surface area (Å²) in [7, 11) is 2.19. The Labute approximate surface area is 111 Å². The Balaban J connectivity index is 1.82. The lowest BCUT2D eigenvalue weighted by Crippen LogP contribution is -2.56. The van der Waals surface area contributed by atoms with Crippen molar-refractivity contribution in [1.82, 2.24) is 15.1 Å². The van der Waals surface area contributed by atoms with Gasteiger partial charge in [0.15, 0.2) is 5.11 Å². The number of hydrogen-bond donors (Lipinski definition) is 1. The van der Waals surface area contributed by atoms with Gasteiger partial charge >= 0.3 is 0 Å². The molecular formula is C13H25N3S. The third kappa shape index (κ3) is 3.55. The van der Waals surface area contributed by atoms with E-state index in [1.165, 1.54) is 32.1 Å².